The third-order valence-electron chi connectivity index (χ3n) is 5.26. The lowest BCUT2D eigenvalue weighted by molar-refractivity contribution is -0.193. The van der Waals surface area contributed by atoms with E-state index in [0.29, 0.717) is 17.1 Å². The molecule has 0 aliphatic rings. The Morgan fingerprint density at radius 1 is 0.750 bits per heavy atom. The van der Waals surface area contributed by atoms with Crippen molar-refractivity contribution in [3.8, 4) is 11.5 Å². The molecule has 0 radical (unpaired) electrons. The molecule has 0 aliphatic carbocycles. The number of hydrogen-bond acceptors (Lipinski definition) is 13. The average Bonchev–Trinajstić information content (AvgIpc) is 2.98. The molecule has 0 bridgehead atoms. The molecule has 0 unspecified atom stereocenters. The van der Waals surface area contributed by atoms with Crippen LogP contribution in [0.15, 0.2) is 61.1 Å². The molecular formula is C26H27N3O11. The van der Waals surface area contributed by atoms with Gasteiger partial charge in [-0.2, -0.15) is 0 Å². The molecule has 0 fully saturated rings. The van der Waals surface area contributed by atoms with E-state index in [0.717, 1.165) is 0 Å². The van der Waals surface area contributed by atoms with Crippen molar-refractivity contribution in [3.63, 3.8) is 0 Å². The predicted molar refractivity (Wildman–Crippen MR) is 133 cm³/mol. The maximum atomic E-state index is 12.9. The molecule has 1 N–H and O–H groups in total. The van der Waals surface area contributed by atoms with Crippen LogP contribution in [0, 0.1) is 0 Å². The number of carbonyl (C=O) groups is 3. The van der Waals surface area contributed by atoms with Crippen molar-refractivity contribution in [1.82, 2.24) is 15.0 Å². The molecule has 3 atom stereocenters. The number of carboxylic acid groups (broad SMARTS) is 1. The van der Waals surface area contributed by atoms with Gasteiger partial charge in [0.15, 0.2) is 25.5 Å². The van der Waals surface area contributed by atoms with Gasteiger partial charge in [-0.1, -0.05) is 12.1 Å². The molecule has 40 heavy (non-hydrogen) atoms. The fraction of sp³-hybridized carbons (Fsp3) is 0.308. The monoisotopic (exact) mass is 557 g/mol. The van der Waals surface area contributed by atoms with Gasteiger partial charge in [0, 0.05) is 19.5 Å². The number of pyridine rings is 1. The largest absolute Gasteiger partial charge is 0.497 e. The van der Waals surface area contributed by atoms with Crippen molar-refractivity contribution in [2.45, 2.75) is 18.3 Å². The first kappa shape index (κ1) is 29.9. The van der Waals surface area contributed by atoms with Gasteiger partial charge in [0.2, 0.25) is 12.2 Å². The molecule has 212 valence electrons. The molecule has 3 aromatic rings. The highest BCUT2D eigenvalue weighted by atomic mass is 16.7. The lowest BCUT2D eigenvalue weighted by Crippen LogP contribution is -2.26. The molecule has 3 rings (SSSR count). The van der Waals surface area contributed by atoms with Crippen molar-refractivity contribution in [2.24, 2.45) is 0 Å². The Balaban J connectivity index is 1.65. The van der Waals surface area contributed by atoms with E-state index in [2.05, 4.69) is 15.0 Å². The quantitative estimate of drug-likeness (QED) is 0.212. The second kappa shape index (κ2) is 15.1. The Hall–Kier alpha value is -4.66. The summed E-state index contributed by atoms with van der Waals surface area (Å²) in [5.74, 6) is -2.13. The van der Waals surface area contributed by atoms with Gasteiger partial charge >= 0.3 is 17.9 Å². The third-order valence-corrected chi connectivity index (χ3v) is 5.26. The van der Waals surface area contributed by atoms with E-state index >= 15 is 0 Å². The van der Waals surface area contributed by atoms with E-state index in [1.54, 1.807) is 18.2 Å². The van der Waals surface area contributed by atoms with E-state index in [9.17, 15) is 19.5 Å². The Morgan fingerprint density at radius 2 is 1.32 bits per heavy atom. The van der Waals surface area contributed by atoms with E-state index in [-0.39, 0.29) is 11.5 Å². The second-order valence-corrected chi connectivity index (χ2v) is 7.71. The molecular weight excluding hydrogens is 530 g/mol. The van der Waals surface area contributed by atoms with Crippen molar-refractivity contribution in [2.75, 3.05) is 34.9 Å². The molecule has 14 nitrogen and oxygen atoms in total. The maximum Gasteiger partial charge on any atom is 0.345 e. The summed E-state index contributed by atoms with van der Waals surface area (Å²) in [6.07, 6.45) is 0.0915. The van der Waals surface area contributed by atoms with Crippen molar-refractivity contribution >= 4 is 17.9 Å². The summed E-state index contributed by atoms with van der Waals surface area (Å²) in [7, 11) is 4.20. The lowest BCUT2D eigenvalue weighted by Gasteiger charge is -2.19. The SMILES string of the molecule is COc1ccc([C@H](OCOC(=O)[C@H](OCOC(=O)[C@@H](OC)c2ncccn2)c2ccc(OC)cn2)C(=O)O)cc1. The minimum atomic E-state index is -1.47. The summed E-state index contributed by atoms with van der Waals surface area (Å²) in [5.41, 5.74) is 0.400. The van der Waals surface area contributed by atoms with E-state index in [4.69, 9.17) is 33.2 Å². The van der Waals surface area contributed by atoms with Crippen LogP contribution in [0.4, 0.5) is 0 Å². The minimum Gasteiger partial charge on any atom is -0.497 e. The van der Waals surface area contributed by atoms with Crippen LogP contribution >= 0.6 is 0 Å². The number of ether oxygens (including phenoxy) is 7. The summed E-state index contributed by atoms with van der Waals surface area (Å²) in [5, 5.41) is 9.56. The van der Waals surface area contributed by atoms with Crippen LogP contribution in [0.3, 0.4) is 0 Å². The highest BCUT2D eigenvalue weighted by Gasteiger charge is 2.29. The average molecular weight is 558 g/mol. The van der Waals surface area contributed by atoms with Gasteiger partial charge in [0.1, 0.15) is 11.5 Å². The number of nitrogens with zero attached hydrogens (tertiary/aromatic N) is 3. The van der Waals surface area contributed by atoms with Gasteiger partial charge in [-0.25, -0.2) is 24.4 Å². The lowest BCUT2D eigenvalue weighted by atomic mass is 10.1. The highest BCUT2D eigenvalue weighted by molar-refractivity contribution is 5.77. The number of esters is 2. The summed E-state index contributed by atoms with van der Waals surface area (Å²) >= 11 is 0. The smallest absolute Gasteiger partial charge is 0.345 e. The zero-order chi connectivity index (χ0) is 28.9. The van der Waals surface area contributed by atoms with Gasteiger partial charge in [0.05, 0.1) is 26.1 Å². The fourth-order valence-electron chi connectivity index (χ4n) is 3.26. The standard InChI is InChI=1S/C26H27N3O11/c1-34-17-7-5-16(6-8-17)20(24(30)31)37-14-39-25(32)21(19-10-9-18(35-2)13-29-19)38-15-40-26(33)22(36-3)23-27-11-4-12-28-23/h4-13,20-22H,14-15H2,1-3H3,(H,30,31)/t20-,21+,22-/m0/s1. The van der Waals surface area contributed by atoms with E-state index < -0.39 is 49.8 Å². The predicted octanol–water partition coefficient (Wildman–Crippen LogP) is 2.18. The normalized spacial score (nSPS) is 13.0. The summed E-state index contributed by atoms with van der Waals surface area (Å²) in [4.78, 5) is 49.2. The number of carboxylic acids is 1. The van der Waals surface area contributed by atoms with Crippen molar-refractivity contribution in [3.05, 3.63) is 78.1 Å². The van der Waals surface area contributed by atoms with Crippen molar-refractivity contribution < 1.29 is 52.6 Å². The number of rotatable bonds is 15. The Kier molecular flexibility index (Phi) is 11.3. The summed E-state index contributed by atoms with van der Waals surface area (Å²) < 4.78 is 36.3. The Bertz CT molecular complexity index is 1240. The summed E-state index contributed by atoms with van der Waals surface area (Å²) in [6, 6.07) is 10.7. The van der Waals surface area contributed by atoms with Crippen LogP contribution in [-0.4, -0.2) is 72.9 Å². The Labute approximate surface area is 228 Å². The molecule has 1 aromatic carbocycles. The first-order chi connectivity index (χ1) is 19.4. The maximum absolute atomic E-state index is 12.9. The molecule has 0 saturated carbocycles. The molecule has 2 aromatic heterocycles. The van der Waals surface area contributed by atoms with Crippen LogP contribution in [0.2, 0.25) is 0 Å². The van der Waals surface area contributed by atoms with E-state index in [1.807, 2.05) is 0 Å². The number of methoxy groups -OCH3 is 3. The van der Waals surface area contributed by atoms with Gasteiger partial charge in [-0.05, 0) is 35.9 Å². The number of aromatic nitrogens is 3. The zero-order valence-corrected chi connectivity index (χ0v) is 21.8. The molecule has 0 aliphatic heterocycles. The molecule has 0 saturated heterocycles. The first-order valence-corrected chi connectivity index (χ1v) is 11.6. The topological polar surface area (TPSA) is 175 Å². The first-order valence-electron chi connectivity index (χ1n) is 11.6. The number of benzene rings is 1. The van der Waals surface area contributed by atoms with Crippen LogP contribution in [0.5, 0.6) is 11.5 Å². The third kappa shape index (κ3) is 8.17. The van der Waals surface area contributed by atoms with Crippen molar-refractivity contribution in [1.29, 1.82) is 0 Å². The van der Waals surface area contributed by atoms with Gasteiger partial charge < -0.3 is 38.3 Å². The van der Waals surface area contributed by atoms with E-state index in [1.165, 1.54) is 64.2 Å². The number of carbonyl (C=O) groups excluding carboxylic acids is 2. The molecule has 2 heterocycles. The van der Waals surface area contributed by atoms with Crippen LogP contribution in [0.25, 0.3) is 0 Å². The fourth-order valence-corrected chi connectivity index (χ4v) is 3.26. The molecule has 0 spiro atoms. The van der Waals surface area contributed by atoms with Gasteiger partial charge in [-0.3, -0.25) is 4.98 Å². The van der Waals surface area contributed by atoms with Crippen LogP contribution in [0.1, 0.15) is 35.4 Å². The van der Waals surface area contributed by atoms with Gasteiger partial charge in [0.25, 0.3) is 0 Å². The van der Waals surface area contributed by atoms with Crippen LogP contribution in [-0.2, 0) is 38.1 Å². The minimum absolute atomic E-state index is 0.0739. The van der Waals surface area contributed by atoms with Gasteiger partial charge in [-0.15, -0.1) is 0 Å². The van der Waals surface area contributed by atoms with Crippen LogP contribution < -0.4 is 9.47 Å². The second-order valence-electron chi connectivity index (χ2n) is 7.71. The highest BCUT2D eigenvalue weighted by Crippen LogP contribution is 2.23. The Morgan fingerprint density at radius 3 is 1.85 bits per heavy atom. The number of aliphatic carboxylic acids is 1. The number of hydrogen-bond donors (Lipinski definition) is 1. The zero-order valence-electron chi connectivity index (χ0n) is 21.8. The summed E-state index contributed by atoms with van der Waals surface area (Å²) in [6.45, 7) is -1.42. The molecule has 0 amide bonds. The molecule has 14 heteroatoms.